The van der Waals surface area contributed by atoms with Crippen molar-refractivity contribution in [2.45, 2.75) is 19.8 Å². The lowest BCUT2D eigenvalue weighted by molar-refractivity contribution is -0.121. The van der Waals surface area contributed by atoms with Crippen molar-refractivity contribution in [3.05, 3.63) is 59.7 Å². The standard InChI is InChI=1S/C19H18N2O3/c1-13(22)15-6-4-7-16(11-15)20-18(23)12-21-17-8-3-2-5-14(17)9-10-19(21)24/h2-8,11H,9-10,12H2,1H3,(H,20,23). The third-order valence-electron chi connectivity index (χ3n) is 4.05. The van der Waals surface area contributed by atoms with E-state index in [9.17, 15) is 14.4 Å². The number of benzene rings is 2. The van der Waals surface area contributed by atoms with Gasteiger partial charge in [0.25, 0.3) is 0 Å². The molecule has 0 fully saturated rings. The summed E-state index contributed by atoms with van der Waals surface area (Å²) in [6, 6.07) is 14.4. The van der Waals surface area contributed by atoms with Gasteiger partial charge in [-0.3, -0.25) is 14.4 Å². The van der Waals surface area contributed by atoms with Gasteiger partial charge in [0, 0.05) is 23.4 Å². The minimum atomic E-state index is -0.291. The minimum Gasteiger partial charge on any atom is -0.325 e. The number of para-hydroxylation sites is 1. The highest BCUT2D eigenvalue weighted by molar-refractivity contribution is 6.04. The summed E-state index contributed by atoms with van der Waals surface area (Å²) >= 11 is 0. The van der Waals surface area contributed by atoms with E-state index in [0.717, 1.165) is 11.3 Å². The van der Waals surface area contributed by atoms with E-state index in [0.29, 0.717) is 24.1 Å². The zero-order valence-electron chi connectivity index (χ0n) is 13.4. The summed E-state index contributed by atoms with van der Waals surface area (Å²) < 4.78 is 0. The van der Waals surface area contributed by atoms with Gasteiger partial charge in [-0.15, -0.1) is 0 Å². The first-order chi connectivity index (χ1) is 11.5. The average Bonchev–Trinajstić information content (AvgIpc) is 2.57. The predicted molar refractivity (Wildman–Crippen MR) is 92.2 cm³/mol. The number of fused-ring (bicyclic) bond motifs is 1. The first-order valence-electron chi connectivity index (χ1n) is 7.84. The molecular weight excluding hydrogens is 304 g/mol. The Kier molecular flexibility index (Phi) is 4.42. The molecule has 0 unspecified atom stereocenters. The molecule has 1 heterocycles. The largest absolute Gasteiger partial charge is 0.325 e. The summed E-state index contributed by atoms with van der Waals surface area (Å²) in [5.74, 6) is -0.409. The van der Waals surface area contributed by atoms with Crippen LogP contribution in [-0.4, -0.2) is 24.1 Å². The van der Waals surface area contributed by atoms with Crippen molar-refractivity contribution < 1.29 is 14.4 Å². The molecule has 0 aromatic heterocycles. The van der Waals surface area contributed by atoms with E-state index in [2.05, 4.69) is 5.32 Å². The van der Waals surface area contributed by atoms with Gasteiger partial charge in [-0.25, -0.2) is 0 Å². The molecule has 0 saturated heterocycles. The van der Waals surface area contributed by atoms with E-state index in [1.807, 2.05) is 24.3 Å². The number of nitrogens with one attached hydrogen (secondary N) is 1. The van der Waals surface area contributed by atoms with Crippen molar-refractivity contribution in [2.24, 2.45) is 0 Å². The molecule has 0 spiro atoms. The van der Waals surface area contributed by atoms with Crippen molar-refractivity contribution in [1.82, 2.24) is 0 Å². The fourth-order valence-electron chi connectivity index (χ4n) is 2.83. The minimum absolute atomic E-state index is 0.0415. The Balaban J connectivity index is 1.74. The van der Waals surface area contributed by atoms with Crippen LogP contribution < -0.4 is 10.2 Å². The number of rotatable bonds is 4. The van der Waals surface area contributed by atoms with Crippen LogP contribution in [0, 0.1) is 0 Å². The van der Waals surface area contributed by atoms with Crippen molar-refractivity contribution in [3.63, 3.8) is 0 Å². The number of amides is 2. The Labute approximate surface area is 140 Å². The molecule has 3 rings (SSSR count). The van der Waals surface area contributed by atoms with Gasteiger partial charge in [0.05, 0.1) is 0 Å². The molecule has 5 nitrogen and oxygen atoms in total. The second-order valence-corrected chi connectivity index (χ2v) is 5.79. The van der Waals surface area contributed by atoms with E-state index < -0.39 is 0 Å². The number of Topliss-reactive ketones (excluding diaryl/α,β-unsaturated/α-hetero) is 1. The molecule has 0 aliphatic carbocycles. The van der Waals surface area contributed by atoms with Crippen LogP contribution in [0.5, 0.6) is 0 Å². The van der Waals surface area contributed by atoms with Crippen LogP contribution in [0.4, 0.5) is 11.4 Å². The molecule has 122 valence electrons. The quantitative estimate of drug-likeness (QED) is 0.880. The van der Waals surface area contributed by atoms with Gasteiger partial charge in [0.1, 0.15) is 6.54 Å². The summed E-state index contributed by atoms with van der Waals surface area (Å²) in [6.07, 6.45) is 1.11. The molecule has 5 heteroatoms. The van der Waals surface area contributed by atoms with Crippen LogP contribution in [0.25, 0.3) is 0 Å². The molecule has 2 aromatic rings. The zero-order chi connectivity index (χ0) is 17.1. The average molecular weight is 322 g/mol. The van der Waals surface area contributed by atoms with Crippen LogP contribution in [0.2, 0.25) is 0 Å². The summed E-state index contributed by atoms with van der Waals surface area (Å²) in [7, 11) is 0. The van der Waals surface area contributed by atoms with E-state index >= 15 is 0 Å². The zero-order valence-corrected chi connectivity index (χ0v) is 13.4. The molecular formula is C19H18N2O3. The predicted octanol–water partition coefficient (Wildman–Crippen LogP) is 2.81. The molecule has 0 saturated carbocycles. The molecule has 24 heavy (non-hydrogen) atoms. The molecule has 1 aliphatic heterocycles. The van der Waals surface area contributed by atoms with Crippen LogP contribution in [0.1, 0.15) is 29.3 Å². The maximum atomic E-state index is 12.3. The Morgan fingerprint density at radius 1 is 1.08 bits per heavy atom. The molecule has 2 amide bonds. The maximum absolute atomic E-state index is 12.3. The Morgan fingerprint density at radius 2 is 1.88 bits per heavy atom. The van der Waals surface area contributed by atoms with Gasteiger partial charge < -0.3 is 10.2 Å². The van der Waals surface area contributed by atoms with Crippen LogP contribution in [0.3, 0.4) is 0 Å². The van der Waals surface area contributed by atoms with Crippen LogP contribution >= 0.6 is 0 Å². The summed E-state index contributed by atoms with van der Waals surface area (Å²) in [5.41, 5.74) is 2.95. The van der Waals surface area contributed by atoms with Crippen molar-refractivity contribution in [1.29, 1.82) is 0 Å². The van der Waals surface area contributed by atoms with Gasteiger partial charge >= 0.3 is 0 Å². The number of hydrogen-bond donors (Lipinski definition) is 1. The highest BCUT2D eigenvalue weighted by Gasteiger charge is 2.25. The lowest BCUT2D eigenvalue weighted by Gasteiger charge is -2.28. The number of ketones is 1. The molecule has 1 aliphatic rings. The SMILES string of the molecule is CC(=O)c1cccc(NC(=O)CN2C(=O)CCc3ccccc32)c1. The second kappa shape index (κ2) is 6.66. The fraction of sp³-hybridized carbons (Fsp3) is 0.211. The fourth-order valence-corrected chi connectivity index (χ4v) is 2.83. The summed E-state index contributed by atoms with van der Waals surface area (Å²) in [4.78, 5) is 37.4. The third kappa shape index (κ3) is 3.35. The van der Waals surface area contributed by atoms with Crippen molar-refractivity contribution in [2.75, 3.05) is 16.8 Å². The lowest BCUT2D eigenvalue weighted by atomic mass is 10.0. The molecule has 0 radical (unpaired) electrons. The first-order valence-corrected chi connectivity index (χ1v) is 7.84. The number of carbonyl (C=O) groups excluding carboxylic acids is 3. The second-order valence-electron chi connectivity index (χ2n) is 5.79. The van der Waals surface area contributed by atoms with Gasteiger partial charge in [0.15, 0.2) is 5.78 Å². The normalized spacial score (nSPS) is 13.4. The monoisotopic (exact) mass is 322 g/mol. The number of hydrogen-bond acceptors (Lipinski definition) is 3. The molecule has 0 atom stereocenters. The Bertz CT molecular complexity index is 814. The maximum Gasteiger partial charge on any atom is 0.244 e. The van der Waals surface area contributed by atoms with E-state index in [1.54, 1.807) is 24.3 Å². The van der Waals surface area contributed by atoms with Crippen molar-refractivity contribution >= 4 is 29.0 Å². The number of anilines is 2. The van der Waals surface area contributed by atoms with Gasteiger partial charge in [-0.05, 0) is 37.1 Å². The third-order valence-corrected chi connectivity index (χ3v) is 4.05. The first kappa shape index (κ1) is 15.9. The molecule has 0 bridgehead atoms. The molecule has 1 N–H and O–H groups in total. The Hall–Kier alpha value is -2.95. The molecule has 2 aromatic carbocycles. The number of nitrogens with zero attached hydrogens (tertiary/aromatic N) is 1. The smallest absolute Gasteiger partial charge is 0.244 e. The highest BCUT2D eigenvalue weighted by atomic mass is 16.2. The van der Waals surface area contributed by atoms with Crippen LogP contribution in [0.15, 0.2) is 48.5 Å². The summed E-state index contributed by atoms with van der Waals surface area (Å²) in [6.45, 7) is 1.43. The van der Waals surface area contributed by atoms with Crippen molar-refractivity contribution in [3.8, 4) is 0 Å². The Morgan fingerprint density at radius 3 is 2.67 bits per heavy atom. The van der Waals surface area contributed by atoms with E-state index in [-0.39, 0.29) is 24.1 Å². The number of aryl methyl sites for hydroxylation is 1. The topological polar surface area (TPSA) is 66.5 Å². The van der Waals surface area contributed by atoms with Gasteiger partial charge in [-0.1, -0.05) is 30.3 Å². The number of carbonyl (C=O) groups is 3. The van der Waals surface area contributed by atoms with E-state index in [1.165, 1.54) is 11.8 Å². The highest BCUT2D eigenvalue weighted by Crippen LogP contribution is 2.27. The lowest BCUT2D eigenvalue weighted by Crippen LogP contribution is -2.40. The van der Waals surface area contributed by atoms with Gasteiger partial charge in [0.2, 0.25) is 11.8 Å². The summed E-state index contributed by atoms with van der Waals surface area (Å²) in [5, 5.41) is 2.75. The van der Waals surface area contributed by atoms with E-state index in [4.69, 9.17) is 0 Å². The van der Waals surface area contributed by atoms with Crippen LogP contribution in [-0.2, 0) is 16.0 Å². The van der Waals surface area contributed by atoms with Gasteiger partial charge in [-0.2, -0.15) is 0 Å².